The van der Waals surface area contributed by atoms with E-state index in [0.29, 0.717) is 0 Å². The maximum atomic E-state index is 5.04. The first kappa shape index (κ1) is 8.33. The van der Waals surface area contributed by atoms with Crippen LogP contribution < -0.4 is 10.1 Å². The summed E-state index contributed by atoms with van der Waals surface area (Å²) in [6.07, 6.45) is 1.73. The second-order valence-corrected chi connectivity index (χ2v) is 2.72. The molecule has 0 aromatic carbocycles. The molecule has 3 nitrogen and oxygen atoms in total. The summed E-state index contributed by atoms with van der Waals surface area (Å²) < 4.78 is 5.76. The summed E-state index contributed by atoms with van der Waals surface area (Å²) in [5, 5.41) is 2.97. The third kappa shape index (κ3) is 1.83. The molecule has 1 rings (SSSR count). The van der Waals surface area contributed by atoms with Gasteiger partial charge in [-0.05, 0) is 15.9 Å². The van der Waals surface area contributed by atoms with Gasteiger partial charge in [-0.25, -0.2) is 4.98 Å². The van der Waals surface area contributed by atoms with Crippen LogP contribution in [0.15, 0.2) is 16.9 Å². The third-order valence-corrected chi connectivity index (χ3v) is 1.91. The van der Waals surface area contributed by atoms with Crippen LogP contribution in [-0.4, -0.2) is 19.1 Å². The molecule has 0 atom stereocenters. The molecule has 0 aliphatic heterocycles. The first-order chi connectivity index (χ1) is 5.27. The van der Waals surface area contributed by atoms with Gasteiger partial charge in [0.2, 0.25) is 0 Å². The van der Waals surface area contributed by atoms with Crippen LogP contribution in [0, 0.1) is 0 Å². The lowest BCUT2D eigenvalue weighted by molar-refractivity contribution is 0.410. The van der Waals surface area contributed by atoms with Gasteiger partial charge in [0.25, 0.3) is 0 Å². The van der Waals surface area contributed by atoms with Crippen molar-refractivity contribution in [1.29, 1.82) is 0 Å². The molecular weight excluding hydrogens is 208 g/mol. The predicted octanol–water partition coefficient (Wildman–Crippen LogP) is 1.89. The molecule has 0 aliphatic rings. The quantitative estimate of drug-likeness (QED) is 0.768. The number of anilines is 1. The van der Waals surface area contributed by atoms with Crippen molar-refractivity contribution in [2.24, 2.45) is 0 Å². The maximum absolute atomic E-state index is 5.04. The molecule has 0 aliphatic carbocycles. The molecule has 1 aromatic rings. The summed E-state index contributed by atoms with van der Waals surface area (Å²) in [5.41, 5.74) is 0.935. The summed E-state index contributed by atoms with van der Waals surface area (Å²) in [6.45, 7) is 0. The van der Waals surface area contributed by atoms with E-state index in [-0.39, 0.29) is 0 Å². The van der Waals surface area contributed by atoms with Gasteiger partial charge in [0.1, 0.15) is 4.60 Å². The molecule has 0 saturated carbocycles. The number of methoxy groups -OCH3 is 1. The van der Waals surface area contributed by atoms with Gasteiger partial charge in [0, 0.05) is 13.1 Å². The monoisotopic (exact) mass is 216 g/mol. The minimum Gasteiger partial charge on any atom is -0.494 e. The predicted molar refractivity (Wildman–Crippen MR) is 48.0 cm³/mol. The van der Waals surface area contributed by atoms with Crippen LogP contribution in [-0.2, 0) is 0 Å². The van der Waals surface area contributed by atoms with Crippen molar-refractivity contribution in [2.45, 2.75) is 0 Å². The maximum Gasteiger partial charge on any atom is 0.153 e. The second kappa shape index (κ2) is 3.57. The molecule has 1 heterocycles. The third-order valence-electron chi connectivity index (χ3n) is 1.32. The van der Waals surface area contributed by atoms with Gasteiger partial charge >= 0.3 is 0 Å². The molecule has 60 valence electrons. The number of hydrogen-bond donors (Lipinski definition) is 1. The van der Waals surface area contributed by atoms with E-state index in [9.17, 15) is 0 Å². The average Bonchev–Trinajstić information content (AvgIpc) is 2.05. The largest absolute Gasteiger partial charge is 0.494 e. The lowest BCUT2D eigenvalue weighted by Gasteiger charge is -2.04. The molecule has 1 aromatic heterocycles. The van der Waals surface area contributed by atoms with Crippen LogP contribution in [0.1, 0.15) is 0 Å². The minimum absolute atomic E-state index is 0.721. The van der Waals surface area contributed by atoms with Crippen molar-refractivity contribution >= 4 is 21.6 Å². The SMILES string of the molecule is CNc1cnc(Br)c(OC)c1. The highest BCUT2D eigenvalue weighted by Gasteiger charge is 2.00. The fourth-order valence-electron chi connectivity index (χ4n) is 0.708. The highest BCUT2D eigenvalue weighted by molar-refractivity contribution is 9.10. The van der Waals surface area contributed by atoms with Gasteiger partial charge < -0.3 is 10.1 Å². The van der Waals surface area contributed by atoms with Crippen LogP contribution in [0.2, 0.25) is 0 Å². The zero-order chi connectivity index (χ0) is 8.27. The van der Waals surface area contributed by atoms with Gasteiger partial charge in [0.05, 0.1) is 19.0 Å². The van der Waals surface area contributed by atoms with Crippen molar-refractivity contribution in [3.63, 3.8) is 0 Å². The number of halogens is 1. The Morgan fingerprint density at radius 2 is 2.36 bits per heavy atom. The number of nitrogens with zero attached hydrogens (tertiary/aromatic N) is 1. The molecule has 0 saturated heterocycles. The van der Waals surface area contributed by atoms with Gasteiger partial charge in [-0.3, -0.25) is 0 Å². The molecule has 0 amide bonds. The zero-order valence-electron chi connectivity index (χ0n) is 6.39. The van der Waals surface area contributed by atoms with Crippen LogP contribution >= 0.6 is 15.9 Å². The first-order valence-electron chi connectivity index (χ1n) is 3.15. The van der Waals surface area contributed by atoms with Crippen molar-refractivity contribution in [2.75, 3.05) is 19.5 Å². The Bertz CT molecular complexity index is 252. The summed E-state index contributed by atoms with van der Waals surface area (Å²) >= 11 is 3.26. The van der Waals surface area contributed by atoms with Crippen molar-refractivity contribution < 1.29 is 4.74 Å². The smallest absolute Gasteiger partial charge is 0.153 e. The van der Waals surface area contributed by atoms with Gasteiger partial charge in [-0.1, -0.05) is 0 Å². The number of pyridine rings is 1. The van der Waals surface area contributed by atoms with Crippen LogP contribution in [0.3, 0.4) is 0 Å². The molecular formula is C7H9BrN2O. The number of aromatic nitrogens is 1. The Balaban J connectivity index is 3.02. The Morgan fingerprint density at radius 1 is 1.64 bits per heavy atom. The number of hydrogen-bond acceptors (Lipinski definition) is 3. The minimum atomic E-state index is 0.721. The Morgan fingerprint density at radius 3 is 2.91 bits per heavy atom. The summed E-state index contributed by atoms with van der Waals surface area (Å²) in [4.78, 5) is 4.05. The molecule has 0 unspecified atom stereocenters. The molecule has 1 N–H and O–H groups in total. The zero-order valence-corrected chi connectivity index (χ0v) is 7.97. The fourth-order valence-corrected chi connectivity index (χ4v) is 1.09. The second-order valence-electron chi connectivity index (χ2n) is 1.97. The summed E-state index contributed by atoms with van der Waals surface area (Å²) in [5.74, 6) is 0.733. The standard InChI is InChI=1S/C7H9BrN2O/c1-9-5-3-6(11-2)7(8)10-4-5/h3-4,9H,1-2H3. The normalized spacial score (nSPS) is 9.36. The molecule has 0 fully saturated rings. The number of rotatable bonds is 2. The Kier molecular flexibility index (Phi) is 2.70. The topological polar surface area (TPSA) is 34.2 Å². The lowest BCUT2D eigenvalue weighted by atomic mass is 10.4. The van der Waals surface area contributed by atoms with Crippen molar-refractivity contribution in [3.05, 3.63) is 16.9 Å². The van der Waals surface area contributed by atoms with E-state index in [4.69, 9.17) is 4.74 Å². The van der Waals surface area contributed by atoms with E-state index >= 15 is 0 Å². The highest BCUT2D eigenvalue weighted by atomic mass is 79.9. The summed E-state index contributed by atoms with van der Waals surface area (Å²) in [6, 6.07) is 1.87. The first-order valence-corrected chi connectivity index (χ1v) is 3.94. The Labute approximate surface area is 73.9 Å². The lowest BCUT2D eigenvalue weighted by Crippen LogP contribution is -1.92. The summed E-state index contributed by atoms with van der Waals surface area (Å²) in [7, 11) is 3.45. The molecule has 11 heavy (non-hydrogen) atoms. The van der Waals surface area contributed by atoms with E-state index < -0.39 is 0 Å². The Hall–Kier alpha value is -0.770. The number of nitrogens with one attached hydrogen (secondary N) is 1. The van der Waals surface area contributed by atoms with Crippen LogP contribution in [0.25, 0.3) is 0 Å². The van der Waals surface area contributed by atoms with E-state index in [0.717, 1.165) is 16.0 Å². The van der Waals surface area contributed by atoms with Crippen LogP contribution in [0.5, 0.6) is 5.75 Å². The fraction of sp³-hybridized carbons (Fsp3) is 0.286. The highest BCUT2D eigenvalue weighted by Crippen LogP contribution is 2.24. The van der Waals surface area contributed by atoms with Gasteiger partial charge in [-0.2, -0.15) is 0 Å². The molecule has 0 radical (unpaired) electrons. The molecule has 0 spiro atoms. The van der Waals surface area contributed by atoms with E-state index in [1.165, 1.54) is 0 Å². The van der Waals surface area contributed by atoms with E-state index in [1.54, 1.807) is 13.3 Å². The molecule has 0 bridgehead atoms. The number of ether oxygens (including phenoxy) is 1. The van der Waals surface area contributed by atoms with E-state index in [2.05, 4.69) is 26.2 Å². The van der Waals surface area contributed by atoms with Crippen LogP contribution in [0.4, 0.5) is 5.69 Å². The van der Waals surface area contributed by atoms with Gasteiger partial charge in [0.15, 0.2) is 5.75 Å². The molecule has 4 heteroatoms. The average molecular weight is 217 g/mol. The van der Waals surface area contributed by atoms with Crippen molar-refractivity contribution in [3.8, 4) is 5.75 Å². The van der Waals surface area contributed by atoms with Crippen molar-refractivity contribution in [1.82, 2.24) is 4.98 Å². The van der Waals surface area contributed by atoms with E-state index in [1.807, 2.05) is 13.1 Å². The van der Waals surface area contributed by atoms with Gasteiger partial charge in [-0.15, -0.1) is 0 Å².